The maximum absolute atomic E-state index is 12.6. The molecule has 0 aromatic carbocycles. The van der Waals surface area contributed by atoms with Gasteiger partial charge in [0.1, 0.15) is 0 Å². The molecular weight excluding hydrogens is 272 g/mol. The normalized spacial score (nSPS) is 35.4. The Balaban J connectivity index is 1.68. The van der Waals surface area contributed by atoms with Gasteiger partial charge in [-0.1, -0.05) is 0 Å². The van der Waals surface area contributed by atoms with Gasteiger partial charge in [-0.2, -0.15) is 17.0 Å². The third-order valence-corrected chi connectivity index (χ3v) is 7.27. The van der Waals surface area contributed by atoms with Crippen LogP contribution in [0.5, 0.6) is 0 Å². The Labute approximate surface area is 114 Å². The highest BCUT2D eigenvalue weighted by atomic mass is 35.5. The van der Waals surface area contributed by atoms with E-state index >= 15 is 0 Å². The first kappa shape index (κ1) is 13.2. The number of rotatable bonds is 3. The molecule has 2 aliphatic heterocycles. The van der Waals surface area contributed by atoms with Crippen molar-refractivity contribution < 1.29 is 8.42 Å². The standard InChI is InChI=1S/C12H21ClN2O2S/c13-8-10-3-5-14(6-4-10)18(16,17)15-9-11-1-2-12(15)7-11/h10-12H,1-9H2. The van der Waals surface area contributed by atoms with Gasteiger partial charge in [0.25, 0.3) is 10.2 Å². The maximum atomic E-state index is 12.6. The van der Waals surface area contributed by atoms with Crippen molar-refractivity contribution in [1.29, 1.82) is 0 Å². The van der Waals surface area contributed by atoms with Crippen LogP contribution in [0.25, 0.3) is 0 Å². The monoisotopic (exact) mass is 292 g/mol. The molecule has 2 atom stereocenters. The van der Waals surface area contributed by atoms with Gasteiger partial charge in [-0.15, -0.1) is 11.6 Å². The summed E-state index contributed by atoms with van der Waals surface area (Å²) in [5.41, 5.74) is 0. The molecule has 0 N–H and O–H groups in total. The molecule has 2 unspecified atom stereocenters. The lowest BCUT2D eigenvalue weighted by Crippen LogP contribution is -2.49. The second-order valence-electron chi connectivity index (χ2n) is 5.91. The Hall–Kier alpha value is 0.160. The highest BCUT2D eigenvalue weighted by Crippen LogP contribution is 2.40. The van der Waals surface area contributed by atoms with E-state index in [-0.39, 0.29) is 6.04 Å². The van der Waals surface area contributed by atoms with Crippen LogP contribution in [0.4, 0.5) is 0 Å². The predicted octanol–water partition coefficient (Wildman–Crippen LogP) is 1.67. The van der Waals surface area contributed by atoms with E-state index in [2.05, 4.69) is 0 Å². The van der Waals surface area contributed by atoms with E-state index in [4.69, 9.17) is 11.6 Å². The zero-order valence-electron chi connectivity index (χ0n) is 10.6. The molecule has 6 heteroatoms. The Morgan fingerprint density at radius 2 is 1.83 bits per heavy atom. The molecule has 3 fully saturated rings. The summed E-state index contributed by atoms with van der Waals surface area (Å²) in [4.78, 5) is 0. The Morgan fingerprint density at radius 3 is 2.33 bits per heavy atom. The number of halogens is 1. The summed E-state index contributed by atoms with van der Waals surface area (Å²) in [7, 11) is -3.20. The van der Waals surface area contributed by atoms with Crippen molar-refractivity contribution in [2.45, 2.75) is 38.1 Å². The second kappa shape index (κ2) is 4.93. The fourth-order valence-electron chi connectivity index (χ4n) is 3.60. The number of fused-ring (bicyclic) bond motifs is 2. The smallest absolute Gasteiger partial charge is 0.195 e. The number of piperidine rings is 2. The molecule has 0 spiro atoms. The van der Waals surface area contributed by atoms with Gasteiger partial charge in [0, 0.05) is 31.6 Å². The van der Waals surface area contributed by atoms with Crippen molar-refractivity contribution in [2.75, 3.05) is 25.5 Å². The van der Waals surface area contributed by atoms with Crippen LogP contribution in [-0.2, 0) is 10.2 Å². The molecule has 1 aliphatic carbocycles. The maximum Gasteiger partial charge on any atom is 0.282 e. The molecular formula is C12H21ClN2O2S. The largest absolute Gasteiger partial charge is 0.282 e. The van der Waals surface area contributed by atoms with Crippen LogP contribution in [-0.4, -0.2) is 48.6 Å². The highest BCUT2D eigenvalue weighted by Gasteiger charge is 2.46. The summed E-state index contributed by atoms with van der Waals surface area (Å²) in [6.07, 6.45) is 5.17. The lowest BCUT2D eigenvalue weighted by Gasteiger charge is -2.36. The minimum absolute atomic E-state index is 0.283. The Morgan fingerprint density at radius 1 is 1.11 bits per heavy atom. The predicted molar refractivity (Wildman–Crippen MR) is 71.8 cm³/mol. The second-order valence-corrected chi connectivity index (χ2v) is 8.10. The van der Waals surface area contributed by atoms with Crippen LogP contribution < -0.4 is 0 Å². The zero-order valence-corrected chi connectivity index (χ0v) is 12.2. The van der Waals surface area contributed by atoms with Gasteiger partial charge in [0.15, 0.2) is 0 Å². The molecule has 2 heterocycles. The van der Waals surface area contributed by atoms with E-state index in [0.29, 0.717) is 30.8 Å². The molecule has 4 nitrogen and oxygen atoms in total. The molecule has 3 aliphatic rings. The van der Waals surface area contributed by atoms with Crippen LogP contribution in [0.3, 0.4) is 0 Å². The molecule has 0 amide bonds. The number of hydrogen-bond donors (Lipinski definition) is 0. The summed E-state index contributed by atoms with van der Waals surface area (Å²) in [6, 6.07) is 0.283. The first-order valence-electron chi connectivity index (χ1n) is 6.94. The average molecular weight is 293 g/mol. The van der Waals surface area contributed by atoms with Crippen molar-refractivity contribution in [3.8, 4) is 0 Å². The Kier molecular flexibility index (Phi) is 3.60. The van der Waals surface area contributed by atoms with Crippen molar-refractivity contribution in [3.05, 3.63) is 0 Å². The van der Waals surface area contributed by atoms with E-state index in [9.17, 15) is 8.42 Å². The van der Waals surface area contributed by atoms with Crippen molar-refractivity contribution in [2.24, 2.45) is 11.8 Å². The Bertz CT molecular complexity index is 406. The molecule has 2 bridgehead atoms. The third-order valence-electron chi connectivity index (χ3n) is 4.77. The first-order valence-corrected chi connectivity index (χ1v) is 8.87. The van der Waals surface area contributed by atoms with E-state index in [1.807, 2.05) is 0 Å². The van der Waals surface area contributed by atoms with E-state index in [1.54, 1.807) is 8.61 Å². The zero-order chi connectivity index (χ0) is 12.8. The van der Waals surface area contributed by atoms with Crippen molar-refractivity contribution in [1.82, 2.24) is 8.61 Å². The summed E-state index contributed by atoms with van der Waals surface area (Å²) >= 11 is 5.84. The topological polar surface area (TPSA) is 40.6 Å². The average Bonchev–Trinajstić information content (AvgIpc) is 3.01. The molecule has 18 heavy (non-hydrogen) atoms. The van der Waals surface area contributed by atoms with Gasteiger partial charge in [0.05, 0.1) is 0 Å². The van der Waals surface area contributed by atoms with Crippen LogP contribution in [0, 0.1) is 11.8 Å². The van der Waals surface area contributed by atoms with Gasteiger partial charge in [-0.05, 0) is 43.9 Å². The summed E-state index contributed by atoms with van der Waals surface area (Å²) in [5, 5.41) is 0. The van der Waals surface area contributed by atoms with Gasteiger partial charge < -0.3 is 0 Å². The lowest BCUT2D eigenvalue weighted by molar-refractivity contribution is 0.250. The molecule has 0 aromatic rings. The molecule has 3 rings (SSSR count). The summed E-state index contributed by atoms with van der Waals surface area (Å²) in [5.74, 6) is 1.76. The SMILES string of the molecule is O=S(=O)(N1CCC(CCl)CC1)N1CC2CCC1C2. The van der Waals surface area contributed by atoms with Gasteiger partial charge in [0.2, 0.25) is 0 Å². The third kappa shape index (κ3) is 2.19. The fraction of sp³-hybridized carbons (Fsp3) is 1.00. The quantitative estimate of drug-likeness (QED) is 0.743. The van der Waals surface area contributed by atoms with Crippen LogP contribution in [0.1, 0.15) is 32.1 Å². The number of hydrogen-bond acceptors (Lipinski definition) is 2. The van der Waals surface area contributed by atoms with Crippen LogP contribution in [0.2, 0.25) is 0 Å². The number of nitrogens with zero attached hydrogens (tertiary/aromatic N) is 2. The van der Waals surface area contributed by atoms with E-state index in [0.717, 1.165) is 32.2 Å². The van der Waals surface area contributed by atoms with Crippen molar-refractivity contribution >= 4 is 21.8 Å². The van der Waals surface area contributed by atoms with E-state index in [1.165, 1.54) is 6.42 Å². The van der Waals surface area contributed by atoms with Crippen molar-refractivity contribution in [3.63, 3.8) is 0 Å². The number of alkyl halides is 1. The van der Waals surface area contributed by atoms with Gasteiger partial charge in [-0.25, -0.2) is 0 Å². The molecule has 1 saturated carbocycles. The minimum atomic E-state index is -3.20. The highest BCUT2D eigenvalue weighted by molar-refractivity contribution is 7.86. The molecule has 2 saturated heterocycles. The minimum Gasteiger partial charge on any atom is -0.195 e. The van der Waals surface area contributed by atoms with E-state index < -0.39 is 10.2 Å². The lowest BCUT2D eigenvalue weighted by atomic mass is 10.0. The molecule has 104 valence electrons. The molecule has 0 radical (unpaired) electrons. The van der Waals surface area contributed by atoms with Crippen LogP contribution in [0.15, 0.2) is 0 Å². The summed E-state index contributed by atoms with van der Waals surface area (Å²) in [6.45, 7) is 2.05. The van der Waals surface area contributed by atoms with Gasteiger partial charge in [-0.3, -0.25) is 0 Å². The summed E-state index contributed by atoms with van der Waals surface area (Å²) < 4.78 is 28.6. The van der Waals surface area contributed by atoms with Gasteiger partial charge >= 0.3 is 0 Å². The first-order chi connectivity index (χ1) is 8.61. The molecule has 0 aromatic heterocycles. The van der Waals surface area contributed by atoms with Crippen LogP contribution >= 0.6 is 11.6 Å². The fourth-order valence-corrected chi connectivity index (χ4v) is 5.85.